The Morgan fingerprint density at radius 2 is 1.93 bits per heavy atom. The molecule has 1 aromatic heterocycles. The third kappa shape index (κ3) is 5.04. The summed E-state index contributed by atoms with van der Waals surface area (Å²) in [5.41, 5.74) is 0. The highest BCUT2D eigenvalue weighted by molar-refractivity contribution is 4.98. The van der Waals surface area contributed by atoms with Crippen LogP contribution in [0.2, 0.25) is 0 Å². The van der Waals surface area contributed by atoms with E-state index in [4.69, 9.17) is 4.42 Å². The predicted octanol–water partition coefficient (Wildman–Crippen LogP) is 1.41. The van der Waals surface area contributed by atoms with Gasteiger partial charge < -0.3 is 15.1 Å². The Morgan fingerprint density at radius 3 is 2.57 bits per heavy atom. The molecule has 3 nitrogen and oxygen atoms in total. The summed E-state index contributed by atoms with van der Waals surface area (Å²) in [5.74, 6) is 1.05. The smallest absolute Gasteiger partial charge is 0.105 e. The summed E-state index contributed by atoms with van der Waals surface area (Å²) in [4.78, 5) is 0. The van der Waals surface area contributed by atoms with Crippen LogP contribution >= 0.6 is 0 Å². The SMILES string of the molecule is CCCNCCNCCc1ccco1. The van der Waals surface area contributed by atoms with E-state index in [9.17, 15) is 0 Å². The van der Waals surface area contributed by atoms with E-state index in [1.165, 1.54) is 6.42 Å². The Hall–Kier alpha value is -0.800. The van der Waals surface area contributed by atoms with Crippen molar-refractivity contribution in [3.8, 4) is 0 Å². The maximum Gasteiger partial charge on any atom is 0.105 e. The van der Waals surface area contributed by atoms with Crippen LogP contribution in [-0.2, 0) is 6.42 Å². The van der Waals surface area contributed by atoms with E-state index in [2.05, 4.69) is 17.6 Å². The van der Waals surface area contributed by atoms with Crippen molar-refractivity contribution in [3.63, 3.8) is 0 Å². The van der Waals surface area contributed by atoms with Gasteiger partial charge in [-0.05, 0) is 25.1 Å². The Balaban J connectivity index is 1.85. The first kappa shape index (κ1) is 11.3. The molecule has 0 bridgehead atoms. The van der Waals surface area contributed by atoms with Crippen molar-refractivity contribution < 1.29 is 4.42 Å². The van der Waals surface area contributed by atoms with Gasteiger partial charge in [-0.15, -0.1) is 0 Å². The predicted molar refractivity (Wildman–Crippen MR) is 58.4 cm³/mol. The fourth-order valence-corrected chi connectivity index (χ4v) is 1.27. The van der Waals surface area contributed by atoms with Gasteiger partial charge in [-0.3, -0.25) is 0 Å². The maximum absolute atomic E-state index is 5.22. The van der Waals surface area contributed by atoms with Gasteiger partial charge in [0, 0.05) is 26.1 Å². The second-order valence-corrected chi connectivity index (χ2v) is 3.33. The molecule has 1 heterocycles. The normalized spacial score (nSPS) is 10.6. The molecular weight excluding hydrogens is 176 g/mol. The largest absolute Gasteiger partial charge is 0.469 e. The Labute approximate surface area is 85.9 Å². The van der Waals surface area contributed by atoms with Crippen molar-refractivity contribution in [3.05, 3.63) is 24.2 Å². The molecule has 1 rings (SSSR count). The van der Waals surface area contributed by atoms with Gasteiger partial charge in [0.1, 0.15) is 5.76 Å². The van der Waals surface area contributed by atoms with Crippen LogP contribution in [0.15, 0.2) is 22.8 Å². The third-order valence-electron chi connectivity index (χ3n) is 2.03. The highest BCUT2D eigenvalue weighted by atomic mass is 16.3. The molecule has 3 heteroatoms. The minimum atomic E-state index is 0.973. The quantitative estimate of drug-likeness (QED) is 0.617. The van der Waals surface area contributed by atoms with Crippen LogP contribution in [0.3, 0.4) is 0 Å². The van der Waals surface area contributed by atoms with Gasteiger partial charge in [0.2, 0.25) is 0 Å². The molecule has 0 aliphatic heterocycles. The molecule has 0 radical (unpaired) electrons. The van der Waals surface area contributed by atoms with E-state index < -0.39 is 0 Å². The number of hydrogen-bond donors (Lipinski definition) is 2. The molecule has 0 aromatic carbocycles. The molecule has 0 atom stereocenters. The van der Waals surface area contributed by atoms with E-state index in [1.54, 1.807) is 6.26 Å². The van der Waals surface area contributed by atoms with Gasteiger partial charge in [-0.25, -0.2) is 0 Å². The lowest BCUT2D eigenvalue weighted by atomic mass is 10.3. The van der Waals surface area contributed by atoms with E-state index in [0.717, 1.165) is 38.4 Å². The number of furan rings is 1. The van der Waals surface area contributed by atoms with Crippen LogP contribution in [0, 0.1) is 0 Å². The molecule has 0 saturated carbocycles. The third-order valence-corrected chi connectivity index (χ3v) is 2.03. The van der Waals surface area contributed by atoms with Crippen LogP contribution in [-0.4, -0.2) is 26.2 Å². The second-order valence-electron chi connectivity index (χ2n) is 3.33. The van der Waals surface area contributed by atoms with Gasteiger partial charge in [0.05, 0.1) is 6.26 Å². The zero-order chi connectivity index (χ0) is 10.1. The fourth-order valence-electron chi connectivity index (χ4n) is 1.27. The summed E-state index contributed by atoms with van der Waals surface area (Å²) in [6.07, 6.45) is 3.89. The lowest BCUT2D eigenvalue weighted by molar-refractivity contribution is 0.497. The van der Waals surface area contributed by atoms with Crippen LogP contribution < -0.4 is 10.6 Å². The van der Waals surface area contributed by atoms with Crippen molar-refractivity contribution in [1.82, 2.24) is 10.6 Å². The zero-order valence-electron chi connectivity index (χ0n) is 8.88. The molecule has 1 aromatic rings. The average Bonchev–Trinajstić information content (AvgIpc) is 2.69. The minimum absolute atomic E-state index is 0.973. The van der Waals surface area contributed by atoms with Gasteiger partial charge in [-0.2, -0.15) is 0 Å². The summed E-state index contributed by atoms with van der Waals surface area (Å²) in [5, 5.41) is 6.70. The molecule has 0 fully saturated rings. The van der Waals surface area contributed by atoms with Crippen LogP contribution in [0.5, 0.6) is 0 Å². The topological polar surface area (TPSA) is 37.2 Å². The van der Waals surface area contributed by atoms with Crippen molar-refractivity contribution in [1.29, 1.82) is 0 Å². The highest BCUT2D eigenvalue weighted by Crippen LogP contribution is 1.98. The number of hydrogen-bond acceptors (Lipinski definition) is 3. The molecular formula is C11H20N2O. The summed E-state index contributed by atoms with van der Waals surface area (Å²) >= 11 is 0. The summed E-state index contributed by atoms with van der Waals surface area (Å²) in [6.45, 7) is 6.35. The van der Waals surface area contributed by atoms with Gasteiger partial charge in [-0.1, -0.05) is 6.92 Å². The summed E-state index contributed by atoms with van der Waals surface area (Å²) in [6, 6.07) is 3.94. The molecule has 0 amide bonds. The lowest BCUT2D eigenvalue weighted by Gasteiger charge is -2.04. The van der Waals surface area contributed by atoms with Gasteiger partial charge in [0.25, 0.3) is 0 Å². The summed E-state index contributed by atoms with van der Waals surface area (Å²) in [7, 11) is 0. The molecule has 14 heavy (non-hydrogen) atoms. The Morgan fingerprint density at radius 1 is 1.14 bits per heavy atom. The maximum atomic E-state index is 5.22. The molecule has 80 valence electrons. The molecule has 0 unspecified atom stereocenters. The first-order valence-corrected chi connectivity index (χ1v) is 5.37. The van der Waals surface area contributed by atoms with Gasteiger partial charge >= 0.3 is 0 Å². The Kier molecular flexibility index (Phi) is 6.11. The minimum Gasteiger partial charge on any atom is -0.469 e. The first-order valence-electron chi connectivity index (χ1n) is 5.37. The first-order chi connectivity index (χ1) is 6.93. The molecule has 0 saturated heterocycles. The second kappa shape index (κ2) is 7.59. The number of nitrogens with one attached hydrogen (secondary N) is 2. The lowest BCUT2D eigenvalue weighted by Crippen LogP contribution is -2.28. The molecule has 0 spiro atoms. The highest BCUT2D eigenvalue weighted by Gasteiger charge is 1.93. The van der Waals surface area contributed by atoms with Crippen molar-refractivity contribution in [2.75, 3.05) is 26.2 Å². The molecule has 0 aliphatic carbocycles. The van der Waals surface area contributed by atoms with Crippen LogP contribution in [0.4, 0.5) is 0 Å². The average molecular weight is 196 g/mol. The van der Waals surface area contributed by atoms with Crippen molar-refractivity contribution >= 4 is 0 Å². The van der Waals surface area contributed by atoms with Gasteiger partial charge in [0.15, 0.2) is 0 Å². The standard InChI is InChI=1S/C11H20N2O/c1-2-6-12-8-9-13-7-5-11-4-3-10-14-11/h3-4,10,12-13H,2,5-9H2,1H3. The van der Waals surface area contributed by atoms with E-state index in [-0.39, 0.29) is 0 Å². The zero-order valence-corrected chi connectivity index (χ0v) is 8.88. The van der Waals surface area contributed by atoms with Crippen molar-refractivity contribution in [2.24, 2.45) is 0 Å². The van der Waals surface area contributed by atoms with Crippen LogP contribution in [0.1, 0.15) is 19.1 Å². The van der Waals surface area contributed by atoms with E-state index >= 15 is 0 Å². The van der Waals surface area contributed by atoms with E-state index in [1.807, 2.05) is 12.1 Å². The monoisotopic (exact) mass is 196 g/mol. The molecule has 0 aliphatic rings. The van der Waals surface area contributed by atoms with Crippen molar-refractivity contribution in [2.45, 2.75) is 19.8 Å². The summed E-state index contributed by atoms with van der Waals surface area (Å²) < 4.78 is 5.22. The van der Waals surface area contributed by atoms with E-state index in [0.29, 0.717) is 0 Å². The Bertz CT molecular complexity index is 209. The number of rotatable bonds is 8. The molecule has 2 N–H and O–H groups in total. The van der Waals surface area contributed by atoms with Crippen LogP contribution in [0.25, 0.3) is 0 Å². The fraction of sp³-hybridized carbons (Fsp3) is 0.636.